The van der Waals surface area contributed by atoms with Gasteiger partial charge < -0.3 is 9.47 Å². The van der Waals surface area contributed by atoms with Crippen molar-refractivity contribution in [3.63, 3.8) is 0 Å². The molecule has 1 atom stereocenters. The number of hydrogen-bond donors (Lipinski definition) is 0. The highest BCUT2D eigenvalue weighted by atomic mass is 35.5. The number of benzene rings is 2. The Hall–Kier alpha value is -1.75. The summed E-state index contributed by atoms with van der Waals surface area (Å²) in [5, 5.41) is 1.16. The molecule has 0 aliphatic rings. The van der Waals surface area contributed by atoms with Crippen molar-refractivity contribution < 1.29 is 19.1 Å². The smallest absolute Gasteiger partial charge is 0.347 e. The van der Waals surface area contributed by atoms with Crippen molar-refractivity contribution in [3.05, 3.63) is 63.1 Å². The van der Waals surface area contributed by atoms with Crippen LogP contribution in [0.3, 0.4) is 0 Å². The molecule has 2 aromatic carbocycles. The summed E-state index contributed by atoms with van der Waals surface area (Å²) in [7, 11) is 0. The van der Waals surface area contributed by atoms with Crippen LogP contribution in [0.2, 0.25) is 15.1 Å². The summed E-state index contributed by atoms with van der Waals surface area (Å²) < 4.78 is 10.4. The molecule has 0 radical (unpaired) electrons. The van der Waals surface area contributed by atoms with Crippen molar-refractivity contribution in [3.8, 4) is 5.75 Å². The molecule has 1 unspecified atom stereocenters. The Morgan fingerprint density at radius 1 is 1.04 bits per heavy atom. The maximum absolute atomic E-state index is 12.0. The van der Waals surface area contributed by atoms with Crippen LogP contribution in [-0.4, -0.2) is 24.5 Å². The number of Topliss-reactive ketones (excluding diaryl/α,β-unsaturated/α-hetero) is 1. The first-order valence-electron chi connectivity index (χ1n) is 6.94. The number of rotatable bonds is 6. The average molecular weight is 388 g/mol. The third-order valence-electron chi connectivity index (χ3n) is 3.02. The van der Waals surface area contributed by atoms with E-state index in [2.05, 4.69) is 0 Å². The van der Waals surface area contributed by atoms with E-state index < -0.39 is 18.7 Å². The van der Waals surface area contributed by atoms with Gasteiger partial charge in [0.2, 0.25) is 0 Å². The summed E-state index contributed by atoms with van der Waals surface area (Å²) in [5.74, 6) is -0.745. The monoisotopic (exact) mass is 386 g/mol. The van der Waals surface area contributed by atoms with Crippen LogP contribution >= 0.6 is 34.8 Å². The van der Waals surface area contributed by atoms with E-state index in [1.54, 1.807) is 30.3 Å². The van der Waals surface area contributed by atoms with E-state index in [1.807, 2.05) is 0 Å². The number of carbonyl (C=O) groups excluding carboxylic acids is 2. The molecule has 0 fully saturated rings. The lowest BCUT2D eigenvalue weighted by molar-refractivity contribution is -0.149. The summed E-state index contributed by atoms with van der Waals surface area (Å²) in [5.41, 5.74) is 0.365. The minimum atomic E-state index is -0.934. The van der Waals surface area contributed by atoms with Crippen molar-refractivity contribution in [2.75, 3.05) is 6.61 Å². The normalized spacial score (nSPS) is 11.7. The zero-order valence-corrected chi connectivity index (χ0v) is 14.9. The molecule has 0 saturated heterocycles. The summed E-state index contributed by atoms with van der Waals surface area (Å²) in [6, 6.07) is 11.0. The first-order chi connectivity index (χ1) is 11.4. The van der Waals surface area contributed by atoms with E-state index in [1.165, 1.54) is 19.1 Å². The molecule has 126 valence electrons. The van der Waals surface area contributed by atoms with E-state index in [-0.39, 0.29) is 10.8 Å². The highest BCUT2D eigenvalue weighted by Gasteiger charge is 2.19. The predicted octanol–water partition coefficient (Wildman–Crippen LogP) is 4.84. The van der Waals surface area contributed by atoms with Crippen molar-refractivity contribution in [1.29, 1.82) is 0 Å². The minimum absolute atomic E-state index is 0.275. The Morgan fingerprint density at radius 2 is 1.75 bits per heavy atom. The lowest BCUT2D eigenvalue weighted by atomic mass is 10.1. The fraction of sp³-hybridized carbons (Fsp3) is 0.176. The average Bonchev–Trinajstić information content (AvgIpc) is 2.54. The Labute approximate surface area is 154 Å². The van der Waals surface area contributed by atoms with E-state index in [4.69, 9.17) is 44.3 Å². The second kappa shape index (κ2) is 8.38. The maximum atomic E-state index is 12.0. The topological polar surface area (TPSA) is 52.6 Å². The van der Waals surface area contributed by atoms with Crippen LogP contribution in [0, 0.1) is 0 Å². The molecular formula is C17H13Cl3O4. The molecule has 0 saturated carbocycles. The van der Waals surface area contributed by atoms with Crippen LogP contribution in [0.15, 0.2) is 42.5 Å². The number of ketones is 1. The van der Waals surface area contributed by atoms with Gasteiger partial charge in [-0.15, -0.1) is 0 Å². The predicted molar refractivity (Wildman–Crippen MR) is 93.3 cm³/mol. The van der Waals surface area contributed by atoms with Gasteiger partial charge in [0.05, 0.1) is 5.02 Å². The standard InChI is InChI=1S/C17H13Cl3O4/c1-10(24-16-6-5-13(19)8-14(16)20)17(22)23-9-15(21)11-3-2-4-12(18)7-11/h2-8,10H,9H2,1H3. The minimum Gasteiger partial charge on any atom is -0.477 e. The molecule has 0 aliphatic carbocycles. The second-order valence-electron chi connectivity index (χ2n) is 4.88. The molecule has 7 heteroatoms. The van der Waals surface area contributed by atoms with Crippen LogP contribution < -0.4 is 4.74 Å². The number of hydrogen-bond acceptors (Lipinski definition) is 4. The Balaban J connectivity index is 1.90. The Morgan fingerprint density at radius 3 is 2.42 bits per heavy atom. The molecule has 2 rings (SSSR count). The van der Waals surface area contributed by atoms with Crippen LogP contribution in [0.4, 0.5) is 0 Å². The van der Waals surface area contributed by atoms with Gasteiger partial charge in [0.15, 0.2) is 18.5 Å². The Bertz CT molecular complexity index is 761. The van der Waals surface area contributed by atoms with Gasteiger partial charge in [0, 0.05) is 15.6 Å². The van der Waals surface area contributed by atoms with Crippen LogP contribution in [0.5, 0.6) is 5.75 Å². The Kier molecular flexibility index (Phi) is 6.49. The SMILES string of the molecule is CC(Oc1ccc(Cl)cc1Cl)C(=O)OCC(=O)c1cccc(Cl)c1. The van der Waals surface area contributed by atoms with Gasteiger partial charge >= 0.3 is 5.97 Å². The lowest BCUT2D eigenvalue weighted by Gasteiger charge is -2.14. The van der Waals surface area contributed by atoms with E-state index in [9.17, 15) is 9.59 Å². The summed E-state index contributed by atoms with van der Waals surface area (Å²) in [4.78, 5) is 23.9. The molecule has 0 heterocycles. The van der Waals surface area contributed by atoms with E-state index >= 15 is 0 Å². The van der Waals surface area contributed by atoms with Crippen molar-refractivity contribution in [2.24, 2.45) is 0 Å². The maximum Gasteiger partial charge on any atom is 0.347 e. The second-order valence-corrected chi connectivity index (χ2v) is 6.16. The van der Waals surface area contributed by atoms with Gasteiger partial charge in [-0.05, 0) is 37.3 Å². The van der Waals surface area contributed by atoms with Crippen LogP contribution in [0.1, 0.15) is 17.3 Å². The number of esters is 1. The lowest BCUT2D eigenvalue weighted by Crippen LogP contribution is -2.28. The quantitative estimate of drug-likeness (QED) is 0.526. The molecule has 4 nitrogen and oxygen atoms in total. The highest BCUT2D eigenvalue weighted by Crippen LogP contribution is 2.28. The van der Waals surface area contributed by atoms with Gasteiger partial charge in [-0.1, -0.05) is 46.9 Å². The zero-order chi connectivity index (χ0) is 17.7. The zero-order valence-electron chi connectivity index (χ0n) is 12.6. The fourth-order valence-electron chi connectivity index (χ4n) is 1.81. The third-order valence-corrected chi connectivity index (χ3v) is 3.79. The molecule has 2 aromatic rings. The molecular weight excluding hydrogens is 375 g/mol. The summed E-state index contributed by atoms with van der Waals surface area (Å²) in [6.07, 6.45) is -0.934. The molecule has 0 aromatic heterocycles. The van der Waals surface area contributed by atoms with Crippen molar-refractivity contribution in [2.45, 2.75) is 13.0 Å². The molecule has 0 spiro atoms. The van der Waals surface area contributed by atoms with Gasteiger partial charge in [-0.25, -0.2) is 4.79 Å². The van der Waals surface area contributed by atoms with Crippen LogP contribution in [0.25, 0.3) is 0 Å². The van der Waals surface area contributed by atoms with Crippen molar-refractivity contribution >= 4 is 46.6 Å². The molecule has 0 N–H and O–H groups in total. The first-order valence-corrected chi connectivity index (χ1v) is 8.07. The van der Waals surface area contributed by atoms with Gasteiger partial charge in [-0.2, -0.15) is 0 Å². The van der Waals surface area contributed by atoms with E-state index in [0.717, 1.165) is 0 Å². The summed E-state index contributed by atoms with van der Waals surface area (Å²) >= 11 is 17.6. The van der Waals surface area contributed by atoms with Crippen molar-refractivity contribution in [1.82, 2.24) is 0 Å². The molecule has 0 aliphatic heterocycles. The fourth-order valence-corrected chi connectivity index (χ4v) is 2.45. The molecule has 0 bridgehead atoms. The summed E-state index contributed by atoms with van der Waals surface area (Å²) in [6.45, 7) is 1.10. The van der Waals surface area contributed by atoms with Crippen LogP contribution in [-0.2, 0) is 9.53 Å². The third kappa shape index (κ3) is 5.13. The van der Waals surface area contributed by atoms with Gasteiger partial charge in [-0.3, -0.25) is 4.79 Å². The largest absolute Gasteiger partial charge is 0.477 e. The first kappa shape index (κ1) is 18.6. The van der Waals surface area contributed by atoms with Gasteiger partial charge in [0.1, 0.15) is 5.75 Å². The van der Waals surface area contributed by atoms with E-state index in [0.29, 0.717) is 21.4 Å². The molecule has 24 heavy (non-hydrogen) atoms. The molecule has 0 amide bonds. The number of carbonyl (C=O) groups is 2. The number of halogens is 3. The van der Waals surface area contributed by atoms with Gasteiger partial charge in [0.25, 0.3) is 0 Å². The number of ether oxygens (including phenoxy) is 2. The highest BCUT2D eigenvalue weighted by molar-refractivity contribution is 6.35.